The van der Waals surface area contributed by atoms with E-state index in [1.54, 1.807) is 0 Å². The van der Waals surface area contributed by atoms with Gasteiger partial charge in [-0.25, -0.2) is 4.79 Å². The summed E-state index contributed by atoms with van der Waals surface area (Å²) < 4.78 is 16.5. The second kappa shape index (κ2) is 5.17. The summed E-state index contributed by atoms with van der Waals surface area (Å²) in [5.41, 5.74) is 1.16. The minimum absolute atomic E-state index is 0.100. The van der Waals surface area contributed by atoms with Crippen LogP contribution < -0.4 is 0 Å². The molecule has 2 aliphatic carbocycles. The topological polar surface area (TPSA) is 61.8 Å². The van der Waals surface area contributed by atoms with Gasteiger partial charge >= 0.3 is 5.97 Å². The lowest BCUT2D eigenvalue weighted by atomic mass is 9.73. The van der Waals surface area contributed by atoms with E-state index in [1.165, 1.54) is 0 Å². The SMILES string of the molecule is C[C@@]12C3=C(CCCC4OCCO4)C(=O)O[C@@H]1CC[C@@H]2CC3=O. The first-order chi connectivity index (χ1) is 10.6. The fourth-order valence-corrected chi connectivity index (χ4v) is 4.74. The van der Waals surface area contributed by atoms with Crippen molar-refractivity contribution < 1.29 is 23.8 Å². The average molecular weight is 306 g/mol. The van der Waals surface area contributed by atoms with Crippen LogP contribution in [0.3, 0.4) is 0 Å². The van der Waals surface area contributed by atoms with Crippen LogP contribution in [-0.2, 0) is 23.8 Å². The van der Waals surface area contributed by atoms with Crippen LogP contribution in [0.2, 0.25) is 0 Å². The summed E-state index contributed by atoms with van der Waals surface area (Å²) in [7, 11) is 0. The zero-order chi connectivity index (χ0) is 15.3. The van der Waals surface area contributed by atoms with Crippen LogP contribution >= 0.6 is 0 Å². The van der Waals surface area contributed by atoms with E-state index in [2.05, 4.69) is 6.92 Å². The molecule has 120 valence electrons. The van der Waals surface area contributed by atoms with Crippen molar-refractivity contribution in [1.29, 1.82) is 0 Å². The summed E-state index contributed by atoms with van der Waals surface area (Å²) in [6.45, 7) is 3.40. The fraction of sp³-hybridized carbons (Fsp3) is 0.765. The zero-order valence-electron chi connectivity index (χ0n) is 12.9. The molecule has 0 unspecified atom stereocenters. The highest BCUT2D eigenvalue weighted by molar-refractivity contribution is 6.08. The smallest absolute Gasteiger partial charge is 0.334 e. The standard InChI is InChI=1S/C17H22O5/c1-17-10-5-6-13(17)22-16(19)11(15(17)12(18)9-10)3-2-4-14-20-7-8-21-14/h10,13-14H,2-9H2,1H3/t10-,13-,17+/m1/s1. The van der Waals surface area contributed by atoms with Crippen LogP contribution in [0, 0.1) is 11.3 Å². The molecular weight excluding hydrogens is 284 g/mol. The van der Waals surface area contributed by atoms with Gasteiger partial charge in [0, 0.05) is 23.0 Å². The number of esters is 1. The Morgan fingerprint density at radius 3 is 2.73 bits per heavy atom. The molecule has 2 heterocycles. The Morgan fingerprint density at radius 1 is 1.18 bits per heavy atom. The highest BCUT2D eigenvalue weighted by Gasteiger charge is 2.61. The number of ketones is 1. The van der Waals surface area contributed by atoms with Crippen LogP contribution in [0.5, 0.6) is 0 Å². The third kappa shape index (κ3) is 1.98. The average Bonchev–Trinajstić information content (AvgIpc) is 3.15. The second-order valence-corrected chi connectivity index (χ2v) is 7.00. The van der Waals surface area contributed by atoms with Gasteiger partial charge in [0.25, 0.3) is 0 Å². The zero-order valence-corrected chi connectivity index (χ0v) is 12.9. The number of hydrogen-bond donors (Lipinski definition) is 0. The monoisotopic (exact) mass is 306 g/mol. The molecule has 2 aliphatic heterocycles. The largest absolute Gasteiger partial charge is 0.458 e. The van der Waals surface area contributed by atoms with E-state index in [0.717, 1.165) is 31.3 Å². The first-order valence-electron chi connectivity index (χ1n) is 8.31. The summed E-state index contributed by atoms with van der Waals surface area (Å²) in [6.07, 6.45) is 4.31. The molecule has 0 aromatic carbocycles. The Morgan fingerprint density at radius 2 is 1.95 bits per heavy atom. The molecule has 0 radical (unpaired) electrons. The van der Waals surface area contributed by atoms with Crippen LogP contribution in [0.4, 0.5) is 0 Å². The molecule has 5 heteroatoms. The van der Waals surface area contributed by atoms with Gasteiger partial charge in [-0.05, 0) is 38.0 Å². The maximum atomic E-state index is 12.5. The number of rotatable bonds is 4. The number of Topliss-reactive ketones (excluding diaryl/α,β-unsaturated/α-hetero) is 1. The molecular formula is C17H22O5. The van der Waals surface area contributed by atoms with E-state index < -0.39 is 0 Å². The number of carbonyl (C=O) groups excluding carboxylic acids is 2. The van der Waals surface area contributed by atoms with Crippen molar-refractivity contribution in [3.8, 4) is 0 Å². The van der Waals surface area contributed by atoms with Gasteiger partial charge in [0.2, 0.25) is 0 Å². The van der Waals surface area contributed by atoms with Gasteiger partial charge in [-0.2, -0.15) is 0 Å². The molecule has 0 aromatic heterocycles. The second-order valence-electron chi connectivity index (χ2n) is 7.00. The molecule has 0 amide bonds. The van der Waals surface area contributed by atoms with Crippen LogP contribution in [0.15, 0.2) is 11.1 Å². The summed E-state index contributed by atoms with van der Waals surface area (Å²) in [5, 5.41) is 0. The van der Waals surface area contributed by atoms with Gasteiger partial charge in [0.05, 0.1) is 13.2 Å². The van der Waals surface area contributed by atoms with E-state index in [4.69, 9.17) is 14.2 Å². The Kier molecular flexibility index (Phi) is 3.38. The van der Waals surface area contributed by atoms with E-state index in [9.17, 15) is 9.59 Å². The third-order valence-electron chi connectivity index (χ3n) is 5.90. The molecule has 3 fully saturated rings. The Hall–Kier alpha value is -1.20. The fourth-order valence-electron chi connectivity index (χ4n) is 4.74. The van der Waals surface area contributed by atoms with Crippen molar-refractivity contribution in [3.05, 3.63) is 11.1 Å². The number of carbonyl (C=O) groups is 2. The first kappa shape index (κ1) is 14.4. The van der Waals surface area contributed by atoms with Crippen molar-refractivity contribution in [2.75, 3.05) is 13.2 Å². The molecule has 2 saturated carbocycles. The Labute approximate surface area is 130 Å². The molecule has 0 spiro atoms. The minimum atomic E-state index is -0.276. The van der Waals surface area contributed by atoms with Crippen LogP contribution in [0.1, 0.15) is 45.4 Å². The van der Waals surface area contributed by atoms with Gasteiger partial charge in [-0.15, -0.1) is 0 Å². The molecule has 1 saturated heterocycles. The van der Waals surface area contributed by atoms with Crippen LogP contribution in [-0.4, -0.2) is 37.4 Å². The van der Waals surface area contributed by atoms with Crippen molar-refractivity contribution in [2.45, 2.75) is 57.8 Å². The predicted molar refractivity (Wildman–Crippen MR) is 76.9 cm³/mol. The summed E-state index contributed by atoms with van der Waals surface area (Å²) >= 11 is 0. The molecule has 0 N–H and O–H groups in total. The van der Waals surface area contributed by atoms with Gasteiger partial charge in [0.15, 0.2) is 12.1 Å². The molecule has 0 aromatic rings. The van der Waals surface area contributed by atoms with E-state index in [1.807, 2.05) is 0 Å². The minimum Gasteiger partial charge on any atom is -0.458 e. The quantitative estimate of drug-likeness (QED) is 0.745. The maximum absolute atomic E-state index is 12.5. The van der Waals surface area contributed by atoms with Crippen molar-refractivity contribution in [3.63, 3.8) is 0 Å². The highest BCUT2D eigenvalue weighted by atomic mass is 16.7. The lowest BCUT2D eigenvalue weighted by Gasteiger charge is -2.37. The van der Waals surface area contributed by atoms with E-state index in [-0.39, 0.29) is 29.6 Å². The van der Waals surface area contributed by atoms with Gasteiger partial charge in [-0.3, -0.25) is 4.79 Å². The predicted octanol–water partition coefficient (Wildman–Crippen LogP) is 2.14. The molecule has 0 bridgehead atoms. The Balaban J connectivity index is 1.56. The highest BCUT2D eigenvalue weighted by Crippen LogP contribution is 2.59. The summed E-state index contributed by atoms with van der Waals surface area (Å²) in [5.74, 6) is 0.239. The molecule has 3 atom stereocenters. The molecule has 5 nitrogen and oxygen atoms in total. The lowest BCUT2D eigenvalue weighted by molar-refractivity contribution is -0.152. The van der Waals surface area contributed by atoms with E-state index in [0.29, 0.717) is 37.5 Å². The summed E-state index contributed by atoms with van der Waals surface area (Å²) in [6, 6.07) is 0. The van der Waals surface area contributed by atoms with Gasteiger partial charge in [-0.1, -0.05) is 6.92 Å². The lowest BCUT2D eigenvalue weighted by Crippen LogP contribution is -2.41. The van der Waals surface area contributed by atoms with Crippen molar-refractivity contribution >= 4 is 11.8 Å². The number of hydrogen-bond acceptors (Lipinski definition) is 5. The molecule has 22 heavy (non-hydrogen) atoms. The maximum Gasteiger partial charge on any atom is 0.334 e. The van der Waals surface area contributed by atoms with Crippen molar-refractivity contribution in [1.82, 2.24) is 0 Å². The first-order valence-corrected chi connectivity index (χ1v) is 8.31. The van der Waals surface area contributed by atoms with Crippen molar-refractivity contribution in [2.24, 2.45) is 11.3 Å². The third-order valence-corrected chi connectivity index (χ3v) is 5.90. The molecule has 4 aliphatic rings. The van der Waals surface area contributed by atoms with Gasteiger partial charge < -0.3 is 14.2 Å². The summed E-state index contributed by atoms with van der Waals surface area (Å²) in [4.78, 5) is 24.8. The van der Waals surface area contributed by atoms with E-state index >= 15 is 0 Å². The Bertz CT molecular complexity index is 545. The number of ether oxygens (including phenoxy) is 3. The molecule has 4 rings (SSSR count). The normalized spacial score (nSPS) is 37.9. The van der Waals surface area contributed by atoms with Crippen LogP contribution in [0.25, 0.3) is 0 Å². The van der Waals surface area contributed by atoms with Gasteiger partial charge in [0.1, 0.15) is 6.10 Å².